The van der Waals surface area contributed by atoms with Crippen LogP contribution in [0.1, 0.15) is 19.3 Å². The standard InChI is InChI=1S/C18H21NO/c1-2-7-15-8-6-9-16-13-19(14-20-18(16)12-15)17-10-4-3-5-11-17/h2-6,9-11,15H,1,7-8,12-14H2. The van der Waals surface area contributed by atoms with E-state index in [2.05, 4.69) is 47.9 Å². The van der Waals surface area contributed by atoms with Gasteiger partial charge in [-0.1, -0.05) is 36.4 Å². The van der Waals surface area contributed by atoms with Gasteiger partial charge < -0.3 is 9.64 Å². The molecule has 1 heterocycles. The van der Waals surface area contributed by atoms with E-state index in [-0.39, 0.29) is 0 Å². The zero-order valence-corrected chi connectivity index (χ0v) is 11.8. The molecule has 1 aliphatic carbocycles. The molecular weight excluding hydrogens is 246 g/mol. The molecule has 20 heavy (non-hydrogen) atoms. The highest BCUT2D eigenvalue weighted by Gasteiger charge is 2.22. The van der Waals surface area contributed by atoms with E-state index in [9.17, 15) is 0 Å². The van der Waals surface area contributed by atoms with Crippen LogP contribution in [-0.4, -0.2) is 13.3 Å². The third kappa shape index (κ3) is 2.79. The highest BCUT2D eigenvalue weighted by atomic mass is 16.5. The van der Waals surface area contributed by atoms with E-state index in [1.54, 1.807) is 0 Å². The van der Waals surface area contributed by atoms with Gasteiger partial charge in [0.2, 0.25) is 0 Å². The second-order valence-corrected chi connectivity index (χ2v) is 5.49. The molecule has 0 spiro atoms. The number of rotatable bonds is 3. The summed E-state index contributed by atoms with van der Waals surface area (Å²) in [4.78, 5) is 2.27. The second-order valence-electron chi connectivity index (χ2n) is 5.49. The molecule has 0 fully saturated rings. The van der Waals surface area contributed by atoms with Crippen molar-refractivity contribution < 1.29 is 4.74 Å². The van der Waals surface area contributed by atoms with Crippen molar-refractivity contribution in [3.05, 3.63) is 66.5 Å². The number of hydrogen-bond acceptors (Lipinski definition) is 2. The third-order valence-corrected chi connectivity index (χ3v) is 4.00. The highest BCUT2D eigenvalue weighted by Crippen LogP contribution is 2.31. The lowest BCUT2D eigenvalue weighted by Gasteiger charge is -2.32. The fraction of sp³-hybridized carbons (Fsp3) is 0.333. The van der Waals surface area contributed by atoms with Crippen LogP contribution in [0.3, 0.4) is 0 Å². The van der Waals surface area contributed by atoms with Crippen molar-refractivity contribution in [3.63, 3.8) is 0 Å². The molecule has 104 valence electrons. The molecule has 3 rings (SSSR count). The highest BCUT2D eigenvalue weighted by molar-refractivity contribution is 5.49. The molecule has 1 aromatic carbocycles. The molecule has 0 saturated carbocycles. The van der Waals surface area contributed by atoms with Gasteiger partial charge in [0.25, 0.3) is 0 Å². The van der Waals surface area contributed by atoms with Gasteiger partial charge in [-0.05, 0) is 30.9 Å². The molecule has 0 amide bonds. The van der Waals surface area contributed by atoms with Crippen LogP contribution in [0, 0.1) is 5.92 Å². The van der Waals surface area contributed by atoms with Crippen LogP contribution in [0.5, 0.6) is 0 Å². The maximum atomic E-state index is 6.03. The van der Waals surface area contributed by atoms with Crippen LogP contribution in [0.15, 0.2) is 66.5 Å². The summed E-state index contributed by atoms with van der Waals surface area (Å²) in [6.07, 6.45) is 9.77. The molecule has 1 atom stereocenters. The van der Waals surface area contributed by atoms with Crippen LogP contribution in [0.2, 0.25) is 0 Å². The summed E-state index contributed by atoms with van der Waals surface area (Å²) in [5.41, 5.74) is 2.55. The van der Waals surface area contributed by atoms with Crippen LogP contribution < -0.4 is 4.90 Å². The molecule has 1 aromatic rings. The Bertz CT molecular complexity index is 530. The summed E-state index contributed by atoms with van der Waals surface area (Å²) >= 11 is 0. The average molecular weight is 267 g/mol. The van der Waals surface area contributed by atoms with Crippen LogP contribution in [0.25, 0.3) is 0 Å². The zero-order chi connectivity index (χ0) is 13.8. The predicted molar refractivity (Wildman–Crippen MR) is 83.4 cm³/mol. The number of nitrogens with zero attached hydrogens (tertiary/aromatic N) is 1. The maximum absolute atomic E-state index is 6.03. The fourth-order valence-corrected chi connectivity index (χ4v) is 2.89. The van der Waals surface area contributed by atoms with Gasteiger partial charge in [-0.25, -0.2) is 0 Å². The Morgan fingerprint density at radius 3 is 2.95 bits per heavy atom. The lowest BCUT2D eigenvalue weighted by Crippen LogP contribution is -2.33. The molecule has 1 unspecified atom stereocenters. The molecule has 0 N–H and O–H groups in total. The monoisotopic (exact) mass is 267 g/mol. The Hall–Kier alpha value is -1.96. The van der Waals surface area contributed by atoms with Gasteiger partial charge in [-0.15, -0.1) is 6.58 Å². The van der Waals surface area contributed by atoms with Crippen molar-refractivity contribution in [2.75, 3.05) is 18.2 Å². The van der Waals surface area contributed by atoms with Crippen molar-refractivity contribution >= 4 is 5.69 Å². The Morgan fingerprint density at radius 2 is 2.15 bits per heavy atom. The normalized spacial score (nSPS) is 22.0. The lowest BCUT2D eigenvalue weighted by atomic mass is 9.97. The first kappa shape index (κ1) is 13.0. The summed E-state index contributed by atoms with van der Waals surface area (Å²) in [6.45, 7) is 5.44. The zero-order valence-electron chi connectivity index (χ0n) is 11.8. The van der Waals surface area contributed by atoms with Crippen molar-refractivity contribution in [1.29, 1.82) is 0 Å². The Labute approximate surface area is 121 Å². The fourth-order valence-electron chi connectivity index (χ4n) is 2.89. The Balaban J connectivity index is 1.76. The lowest BCUT2D eigenvalue weighted by molar-refractivity contribution is 0.177. The Morgan fingerprint density at radius 1 is 1.30 bits per heavy atom. The van der Waals surface area contributed by atoms with E-state index in [0.717, 1.165) is 25.8 Å². The summed E-state index contributed by atoms with van der Waals surface area (Å²) in [5, 5.41) is 0. The SMILES string of the molecule is C=CCC1CC=CC2=C(C1)OCN(c1ccccc1)C2. The first-order chi connectivity index (χ1) is 9.86. The Kier molecular flexibility index (Phi) is 3.91. The molecule has 2 aliphatic rings. The van der Waals surface area contributed by atoms with E-state index >= 15 is 0 Å². The van der Waals surface area contributed by atoms with Crippen molar-refractivity contribution in [3.8, 4) is 0 Å². The summed E-state index contributed by atoms with van der Waals surface area (Å²) in [5.74, 6) is 1.82. The van der Waals surface area contributed by atoms with Crippen LogP contribution >= 0.6 is 0 Å². The van der Waals surface area contributed by atoms with Gasteiger partial charge in [0, 0.05) is 24.2 Å². The predicted octanol–water partition coefficient (Wildman–Crippen LogP) is 4.28. The van der Waals surface area contributed by atoms with Gasteiger partial charge in [-0.2, -0.15) is 0 Å². The molecule has 2 heteroatoms. The van der Waals surface area contributed by atoms with E-state index in [1.807, 2.05) is 12.1 Å². The molecule has 0 bridgehead atoms. The van der Waals surface area contributed by atoms with Crippen molar-refractivity contribution in [1.82, 2.24) is 0 Å². The summed E-state index contributed by atoms with van der Waals surface area (Å²) < 4.78 is 6.03. The first-order valence-electron chi connectivity index (χ1n) is 7.29. The maximum Gasteiger partial charge on any atom is 0.161 e. The van der Waals surface area contributed by atoms with Gasteiger partial charge in [-0.3, -0.25) is 0 Å². The molecule has 0 aromatic heterocycles. The molecule has 0 saturated heterocycles. The number of para-hydroxylation sites is 1. The van der Waals surface area contributed by atoms with Crippen LogP contribution in [0.4, 0.5) is 5.69 Å². The van der Waals surface area contributed by atoms with Gasteiger partial charge in [0.15, 0.2) is 6.73 Å². The van der Waals surface area contributed by atoms with E-state index < -0.39 is 0 Å². The average Bonchev–Trinajstić information content (AvgIpc) is 2.69. The minimum Gasteiger partial charge on any atom is -0.477 e. The number of ether oxygens (including phenoxy) is 1. The summed E-state index contributed by atoms with van der Waals surface area (Å²) in [7, 11) is 0. The molecule has 2 nitrogen and oxygen atoms in total. The van der Waals surface area contributed by atoms with Crippen molar-refractivity contribution in [2.24, 2.45) is 5.92 Å². The minimum absolute atomic E-state index is 0.638. The quantitative estimate of drug-likeness (QED) is 0.758. The molecule has 1 aliphatic heterocycles. The number of allylic oxidation sites excluding steroid dienone is 3. The number of benzene rings is 1. The minimum atomic E-state index is 0.638. The molecular formula is C18H21NO. The second kappa shape index (κ2) is 6.00. The van der Waals surface area contributed by atoms with E-state index in [0.29, 0.717) is 12.6 Å². The largest absolute Gasteiger partial charge is 0.477 e. The van der Waals surface area contributed by atoms with Crippen molar-refractivity contribution in [2.45, 2.75) is 19.3 Å². The van der Waals surface area contributed by atoms with E-state index in [4.69, 9.17) is 4.74 Å². The summed E-state index contributed by atoms with van der Waals surface area (Å²) in [6, 6.07) is 10.5. The van der Waals surface area contributed by atoms with Gasteiger partial charge in [0.05, 0.1) is 0 Å². The topological polar surface area (TPSA) is 12.5 Å². The van der Waals surface area contributed by atoms with E-state index in [1.165, 1.54) is 17.0 Å². The first-order valence-corrected chi connectivity index (χ1v) is 7.29. The van der Waals surface area contributed by atoms with Gasteiger partial charge in [0.1, 0.15) is 5.76 Å². The number of hydrogen-bond donors (Lipinski definition) is 0. The van der Waals surface area contributed by atoms with Gasteiger partial charge >= 0.3 is 0 Å². The molecule has 0 radical (unpaired) electrons. The smallest absolute Gasteiger partial charge is 0.161 e. The third-order valence-electron chi connectivity index (χ3n) is 4.00. The number of anilines is 1. The van der Waals surface area contributed by atoms with Crippen LogP contribution in [-0.2, 0) is 4.74 Å².